The highest BCUT2D eigenvalue weighted by molar-refractivity contribution is 5.20. The molecule has 2 aromatic rings. The molecule has 2 rings (SSSR count). The fourth-order valence-electron chi connectivity index (χ4n) is 2.29. The Hall–Kier alpha value is -1.89. The van der Waals surface area contributed by atoms with Gasteiger partial charge in [-0.2, -0.15) is 13.2 Å². The summed E-state index contributed by atoms with van der Waals surface area (Å²) in [4.78, 5) is 0. The molecule has 0 saturated carbocycles. The van der Waals surface area contributed by atoms with Crippen LogP contribution in [0.1, 0.15) is 17.2 Å². The van der Waals surface area contributed by atoms with Crippen molar-refractivity contribution < 1.29 is 23.4 Å². The molecule has 0 unspecified atom stereocenters. The molecule has 0 bridgehead atoms. The van der Waals surface area contributed by atoms with E-state index in [1.54, 1.807) is 48.5 Å². The van der Waals surface area contributed by atoms with Gasteiger partial charge in [0.15, 0.2) is 6.10 Å². The summed E-state index contributed by atoms with van der Waals surface area (Å²) in [6, 6.07) is 15.2. The zero-order chi connectivity index (χ0) is 16.9. The minimum absolute atomic E-state index is 0.0997. The summed E-state index contributed by atoms with van der Waals surface area (Å²) in [5.74, 6) is 0. The molecule has 0 aliphatic carbocycles. The zero-order valence-electron chi connectivity index (χ0n) is 12.2. The predicted molar refractivity (Wildman–Crippen MR) is 80.5 cm³/mol. The molecule has 23 heavy (non-hydrogen) atoms. The van der Waals surface area contributed by atoms with E-state index in [1.807, 2.05) is 0 Å². The molecule has 3 nitrogen and oxygen atoms in total. The quantitative estimate of drug-likeness (QED) is 0.765. The normalized spacial score (nSPS) is 15.9. The van der Waals surface area contributed by atoms with Crippen molar-refractivity contribution >= 4 is 0 Å². The van der Waals surface area contributed by atoms with Crippen LogP contribution in [0.25, 0.3) is 0 Å². The van der Waals surface area contributed by atoms with E-state index < -0.39 is 24.4 Å². The van der Waals surface area contributed by atoms with Crippen LogP contribution in [0.15, 0.2) is 60.7 Å². The van der Waals surface area contributed by atoms with Crippen molar-refractivity contribution in [2.45, 2.75) is 31.0 Å². The monoisotopic (exact) mass is 325 g/mol. The Morgan fingerprint density at radius 1 is 0.870 bits per heavy atom. The third-order valence-electron chi connectivity index (χ3n) is 3.54. The maximum Gasteiger partial charge on any atom is 0.415 e. The Bertz CT molecular complexity index is 590. The van der Waals surface area contributed by atoms with Gasteiger partial charge in [0.2, 0.25) is 0 Å². The van der Waals surface area contributed by atoms with Gasteiger partial charge in [0, 0.05) is 6.54 Å². The van der Waals surface area contributed by atoms with Crippen LogP contribution in [0.5, 0.6) is 0 Å². The van der Waals surface area contributed by atoms with Crippen LogP contribution in [0, 0.1) is 0 Å². The van der Waals surface area contributed by atoms with Crippen molar-refractivity contribution in [3.63, 3.8) is 0 Å². The van der Waals surface area contributed by atoms with Crippen LogP contribution in [-0.4, -0.2) is 28.5 Å². The Labute approximate surface area is 132 Å². The van der Waals surface area contributed by atoms with Gasteiger partial charge in [0.1, 0.15) is 0 Å². The number of benzene rings is 2. The number of aliphatic hydroxyl groups excluding tert-OH is 2. The first kappa shape index (κ1) is 17.5. The summed E-state index contributed by atoms with van der Waals surface area (Å²) >= 11 is 0. The largest absolute Gasteiger partial charge is 0.415 e. The minimum atomic E-state index is -4.83. The van der Waals surface area contributed by atoms with E-state index in [-0.39, 0.29) is 6.54 Å². The van der Waals surface area contributed by atoms with Gasteiger partial charge in [0.05, 0.1) is 12.1 Å². The zero-order valence-corrected chi connectivity index (χ0v) is 12.2. The van der Waals surface area contributed by atoms with Gasteiger partial charge in [-0.1, -0.05) is 60.7 Å². The third-order valence-corrected chi connectivity index (χ3v) is 3.54. The Balaban J connectivity index is 2.18. The van der Waals surface area contributed by atoms with E-state index >= 15 is 0 Å². The SMILES string of the molecule is O[C@H](c1ccccc1)[C@H](NCc1ccccc1)[C@H](O)C(F)(F)F. The average Bonchev–Trinajstić information content (AvgIpc) is 2.55. The Kier molecular flexibility index (Phi) is 5.76. The fraction of sp³-hybridized carbons (Fsp3) is 0.294. The number of nitrogens with one attached hydrogen (secondary N) is 1. The Morgan fingerprint density at radius 2 is 1.39 bits per heavy atom. The molecule has 0 saturated heterocycles. The lowest BCUT2D eigenvalue weighted by Gasteiger charge is -2.30. The first-order valence-electron chi connectivity index (χ1n) is 7.14. The van der Waals surface area contributed by atoms with Gasteiger partial charge in [-0.15, -0.1) is 0 Å². The van der Waals surface area contributed by atoms with Gasteiger partial charge >= 0.3 is 6.18 Å². The molecule has 0 spiro atoms. The van der Waals surface area contributed by atoms with Crippen molar-refractivity contribution in [2.24, 2.45) is 0 Å². The summed E-state index contributed by atoms with van der Waals surface area (Å²) in [5.41, 5.74) is 1.06. The van der Waals surface area contributed by atoms with E-state index in [2.05, 4.69) is 5.32 Å². The number of halogens is 3. The summed E-state index contributed by atoms with van der Waals surface area (Å²) in [5, 5.41) is 22.5. The number of hydrogen-bond acceptors (Lipinski definition) is 3. The van der Waals surface area contributed by atoms with E-state index in [0.29, 0.717) is 5.56 Å². The van der Waals surface area contributed by atoms with E-state index in [9.17, 15) is 23.4 Å². The molecule has 3 atom stereocenters. The second kappa shape index (κ2) is 7.59. The standard InChI is InChI=1S/C17H18F3NO2/c18-17(19,20)16(23)14(15(22)13-9-5-2-6-10-13)21-11-12-7-3-1-4-8-12/h1-10,14-16,21-23H,11H2/t14-,15+,16-/m0/s1. The molecule has 2 aromatic carbocycles. The van der Waals surface area contributed by atoms with Gasteiger partial charge in [0.25, 0.3) is 0 Å². The van der Waals surface area contributed by atoms with Crippen LogP contribution in [0.2, 0.25) is 0 Å². The molecule has 0 heterocycles. The predicted octanol–water partition coefficient (Wildman–Crippen LogP) is 2.80. The van der Waals surface area contributed by atoms with Crippen LogP contribution >= 0.6 is 0 Å². The summed E-state index contributed by atoms with van der Waals surface area (Å²) in [7, 11) is 0. The van der Waals surface area contributed by atoms with E-state index in [4.69, 9.17) is 0 Å². The van der Waals surface area contributed by atoms with Gasteiger partial charge in [-0.25, -0.2) is 0 Å². The lowest BCUT2D eigenvalue weighted by Crippen LogP contribution is -2.51. The maximum atomic E-state index is 12.9. The van der Waals surface area contributed by atoms with E-state index in [0.717, 1.165) is 5.56 Å². The second-order valence-corrected chi connectivity index (χ2v) is 5.23. The smallest absolute Gasteiger partial charge is 0.387 e. The van der Waals surface area contributed by atoms with Crippen LogP contribution in [0.4, 0.5) is 13.2 Å². The maximum absolute atomic E-state index is 12.9. The Morgan fingerprint density at radius 3 is 1.91 bits per heavy atom. The first-order valence-corrected chi connectivity index (χ1v) is 7.14. The molecular weight excluding hydrogens is 307 g/mol. The number of alkyl halides is 3. The molecule has 0 fully saturated rings. The van der Waals surface area contributed by atoms with Crippen molar-refractivity contribution in [1.29, 1.82) is 0 Å². The van der Waals surface area contributed by atoms with Crippen LogP contribution in [0.3, 0.4) is 0 Å². The van der Waals surface area contributed by atoms with Crippen molar-refractivity contribution in [3.05, 3.63) is 71.8 Å². The highest BCUT2D eigenvalue weighted by Gasteiger charge is 2.46. The van der Waals surface area contributed by atoms with Gasteiger partial charge in [-0.3, -0.25) is 0 Å². The highest BCUT2D eigenvalue weighted by atomic mass is 19.4. The molecule has 0 amide bonds. The molecular formula is C17H18F3NO2. The summed E-state index contributed by atoms with van der Waals surface area (Å²) < 4.78 is 38.7. The molecule has 0 aliphatic rings. The highest BCUT2D eigenvalue weighted by Crippen LogP contribution is 2.29. The summed E-state index contributed by atoms with van der Waals surface area (Å²) in [6.07, 6.45) is -9.00. The number of hydrogen-bond donors (Lipinski definition) is 3. The fourth-order valence-corrected chi connectivity index (χ4v) is 2.29. The van der Waals surface area contributed by atoms with Crippen LogP contribution in [-0.2, 0) is 6.54 Å². The van der Waals surface area contributed by atoms with Crippen molar-refractivity contribution in [1.82, 2.24) is 5.32 Å². The molecule has 124 valence electrons. The number of aliphatic hydroxyl groups is 2. The lowest BCUT2D eigenvalue weighted by atomic mass is 9.97. The molecule has 0 radical (unpaired) electrons. The topological polar surface area (TPSA) is 52.5 Å². The molecule has 0 aliphatic heterocycles. The van der Waals surface area contributed by atoms with Crippen molar-refractivity contribution in [2.75, 3.05) is 0 Å². The lowest BCUT2D eigenvalue weighted by molar-refractivity contribution is -0.220. The minimum Gasteiger partial charge on any atom is -0.387 e. The van der Waals surface area contributed by atoms with Gasteiger partial charge < -0.3 is 15.5 Å². The van der Waals surface area contributed by atoms with Crippen molar-refractivity contribution in [3.8, 4) is 0 Å². The first-order chi connectivity index (χ1) is 10.9. The second-order valence-electron chi connectivity index (χ2n) is 5.23. The van der Waals surface area contributed by atoms with Gasteiger partial charge in [-0.05, 0) is 11.1 Å². The third kappa shape index (κ3) is 4.79. The molecule has 0 aromatic heterocycles. The average molecular weight is 325 g/mol. The summed E-state index contributed by atoms with van der Waals surface area (Å²) in [6.45, 7) is 0.0997. The van der Waals surface area contributed by atoms with E-state index in [1.165, 1.54) is 12.1 Å². The molecule has 3 N–H and O–H groups in total. The van der Waals surface area contributed by atoms with Crippen LogP contribution < -0.4 is 5.32 Å². The number of rotatable bonds is 6. The molecule has 6 heteroatoms.